The minimum atomic E-state index is -0.515. The van der Waals surface area contributed by atoms with Gasteiger partial charge < -0.3 is 9.47 Å². The molecule has 0 atom stereocenters. The van der Waals surface area contributed by atoms with Crippen LogP contribution in [0.3, 0.4) is 0 Å². The summed E-state index contributed by atoms with van der Waals surface area (Å²) in [6, 6.07) is 11.3. The highest BCUT2D eigenvalue weighted by atomic mass is 16.6. The van der Waals surface area contributed by atoms with Gasteiger partial charge in [0.15, 0.2) is 0 Å². The SMILES string of the molecule is CCCOc1ccc(OCCn2cnc3cc([N+](=O)[O-])ccc3c2=O)cc1. The normalized spacial score (nSPS) is 10.7. The van der Waals surface area contributed by atoms with Gasteiger partial charge in [-0.05, 0) is 36.8 Å². The summed E-state index contributed by atoms with van der Waals surface area (Å²) in [5.74, 6) is 1.46. The standard InChI is InChI=1S/C19H19N3O5/c1-2-10-26-15-4-6-16(7-5-15)27-11-9-21-13-20-18-12-14(22(24)25)3-8-17(18)19(21)23/h3-8,12-13H,2,9-11H2,1H3. The Bertz CT molecular complexity index is 998. The molecule has 0 N–H and O–H groups in total. The summed E-state index contributed by atoms with van der Waals surface area (Å²) in [4.78, 5) is 26.9. The zero-order valence-corrected chi connectivity index (χ0v) is 14.8. The second-order valence-electron chi connectivity index (χ2n) is 5.87. The fraction of sp³-hybridized carbons (Fsp3) is 0.263. The number of ether oxygens (including phenoxy) is 2. The first-order valence-corrected chi connectivity index (χ1v) is 8.57. The lowest BCUT2D eigenvalue weighted by Crippen LogP contribution is -2.23. The lowest BCUT2D eigenvalue weighted by Gasteiger charge is -2.10. The van der Waals surface area contributed by atoms with Gasteiger partial charge in [-0.1, -0.05) is 6.92 Å². The molecule has 0 unspecified atom stereocenters. The Morgan fingerprint density at radius 3 is 2.37 bits per heavy atom. The molecule has 1 aromatic heterocycles. The van der Waals surface area contributed by atoms with Crippen molar-refractivity contribution in [1.82, 2.24) is 9.55 Å². The molecule has 27 heavy (non-hydrogen) atoms. The van der Waals surface area contributed by atoms with E-state index in [9.17, 15) is 14.9 Å². The second kappa shape index (κ2) is 8.31. The van der Waals surface area contributed by atoms with Crippen molar-refractivity contribution in [2.45, 2.75) is 19.9 Å². The van der Waals surface area contributed by atoms with E-state index in [-0.39, 0.29) is 17.9 Å². The Morgan fingerprint density at radius 2 is 1.74 bits per heavy atom. The Hall–Kier alpha value is -3.42. The molecule has 0 aliphatic heterocycles. The first-order chi connectivity index (χ1) is 13.1. The van der Waals surface area contributed by atoms with Crippen molar-refractivity contribution in [1.29, 1.82) is 0 Å². The third-order valence-electron chi connectivity index (χ3n) is 3.92. The van der Waals surface area contributed by atoms with E-state index in [1.807, 2.05) is 31.2 Å². The minimum Gasteiger partial charge on any atom is -0.494 e. The molecular formula is C19H19N3O5. The summed E-state index contributed by atoms with van der Waals surface area (Å²) >= 11 is 0. The van der Waals surface area contributed by atoms with Crippen molar-refractivity contribution < 1.29 is 14.4 Å². The van der Waals surface area contributed by atoms with Gasteiger partial charge in [-0.25, -0.2) is 4.98 Å². The molecule has 8 nitrogen and oxygen atoms in total. The maximum Gasteiger partial charge on any atom is 0.271 e. The molecule has 2 aromatic carbocycles. The third-order valence-corrected chi connectivity index (χ3v) is 3.92. The van der Waals surface area contributed by atoms with E-state index in [2.05, 4.69) is 4.98 Å². The maximum atomic E-state index is 12.5. The smallest absolute Gasteiger partial charge is 0.271 e. The highest BCUT2D eigenvalue weighted by Crippen LogP contribution is 2.18. The topological polar surface area (TPSA) is 96.5 Å². The molecule has 8 heteroatoms. The molecule has 1 heterocycles. The summed E-state index contributed by atoms with van der Waals surface area (Å²) in [5.41, 5.74) is -0.0577. The Labute approximate surface area is 155 Å². The van der Waals surface area contributed by atoms with Gasteiger partial charge in [0.05, 0.1) is 35.3 Å². The quantitative estimate of drug-likeness (QED) is 0.447. The van der Waals surface area contributed by atoms with Crippen LogP contribution in [0.4, 0.5) is 5.69 Å². The van der Waals surface area contributed by atoms with Crippen LogP contribution in [0.15, 0.2) is 53.6 Å². The number of benzene rings is 2. The van der Waals surface area contributed by atoms with E-state index in [1.165, 1.54) is 29.1 Å². The van der Waals surface area contributed by atoms with Crippen LogP contribution in [0.2, 0.25) is 0 Å². The first-order valence-electron chi connectivity index (χ1n) is 8.57. The van der Waals surface area contributed by atoms with Crippen LogP contribution in [-0.2, 0) is 6.54 Å². The Morgan fingerprint density at radius 1 is 1.07 bits per heavy atom. The van der Waals surface area contributed by atoms with E-state index in [4.69, 9.17) is 9.47 Å². The number of aromatic nitrogens is 2. The van der Waals surface area contributed by atoms with Crippen LogP contribution in [0.1, 0.15) is 13.3 Å². The number of nitro groups is 1. The van der Waals surface area contributed by atoms with E-state index in [0.717, 1.165) is 12.2 Å². The summed E-state index contributed by atoms with van der Waals surface area (Å²) in [7, 11) is 0. The summed E-state index contributed by atoms with van der Waals surface area (Å²) in [6.45, 7) is 3.31. The number of rotatable bonds is 8. The summed E-state index contributed by atoms with van der Waals surface area (Å²) in [5, 5.41) is 11.1. The van der Waals surface area contributed by atoms with Crippen LogP contribution in [-0.4, -0.2) is 27.7 Å². The average molecular weight is 369 g/mol. The van der Waals surface area contributed by atoms with Gasteiger partial charge in [-0.3, -0.25) is 19.5 Å². The van der Waals surface area contributed by atoms with Crippen LogP contribution < -0.4 is 15.0 Å². The van der Waals surface area contributed by atoms with Gasteiger partial charge >= 0.3 is 0 Å². The predicted molar refractivity (Wildman–Crippen MR) is 100 cm³/mol. The van der Waals surface area contributed by atoms with E-state index >= 15 is 0 Å². The highest BCUT2D eigenvalue weighted by Gasteiger charge is 2.10. The third kappa shape index (κ3) is 4.41. The van der Waals surface area contributed by atoms with E-state index in [0.29, 0.717) is 29.8 Å². The van der Waals surface area contributed by atoms with Crippen molar-refractivity contribution in [3.05, 3.63) is 69.3 Å². The molecule has 3 rings (SSSR count). The highest BCUT2D eigenvalue weighted by molar-refractivity contribution is 5.79. The largest absolute Gasteiger partial charge is 0.494 e. The zero-order valence-electron chi connectivity index (χ0n) is 14.8. The van der Waals surface area contributed by atoms with Crippen LogP contribution in [0.25, 0.3) is 10.9 Å². The molecular weight excluding hydrogens is 350 g/mol. The lowest BCUT2D eigenvalue weighted by molar-refractivity contribution is -0.384. The molecule has 0 aliphatic rings. The number of hydrogen-bond donors (Lipinski definition) is 0. The predicted octanol–water partition coefficient (Wildman–Crippen LogP) is 3.17. The Kier molecular flexibility index (Phi) is 5.65. The van der Waals surface area contributed by atoms with Crippen molar-refractivity contribution in [3.63, 3.8) is 0 Å². The fourth-order valence-corrected chi connectivity index (χ4v) is 2.53. The molecule has 3 aromatic rings. The maximum absolute atomic E-state index is 12.5. The van der Waals surface area contributed by atoms with Gasteiger partial charge in [-0.15, -0.1) is 0 Å². The van der Waals surface area contributed by atoms with Crippen LogP contribution in [0, 0.1) is 10.1 Å². The van der Waals surface area contributed by atoms with E-state index < -0.39 is 4.92 Å². The number of nitrogens with zero attached hydrogens (tertiary/aromatic N) is 3. The average Bonchev–Trinajstić information content (AvgIpc) is 2.68. The van der Waals surface area contributed by atoms with Crippen molar-refractivity contribution in [3.8, 4) is 11.5 Å². The Balaban J connectivity index is 1.65. The molecule has 0 saturated carbocycles. The summed E-state index contributed by atoms with van der Waals surface area (Å²) < 4.78 is 12.6. The van der Waals surface area contributed by atoms with Gasteiger partial charge in [0, 0.05) is 12.1 Å². The number of non-ortho nitro benzene ring substituents is 1. The minimum absolute atomic E-state index is 0.0955. The number of nitro benzene ring substituents is 1. The van der Waals surface area contributed by atoms with Crippen molar-refractivity contribution in [2.75, 3.05) is 13.2 Å². The van der Waals surface area contributed by atoms with Crippen molar-refractivity contribution >= 4 is 16.6 Å². The molecule has 0 amide bonds. The molecule has 0 spiro atoms. The molecule has 0 aliphatic carbocycles. The van der Waals surface area contributed by atoms with Gasteiger partial charge in [0.1, 0.15) is 18.1 Å². The van der Waals surface area contributed by atoms with Gasteiger partial charge in [0.25, 0.3) is 11.2 Å². The summed E-state index contributed by atoms with van der Waals surface area (Å²) in [6.07, 6.45) is 2.32. The molecule has 0 saturated heterocycles. The molecule has 0 radical (unpaired) electrons. The first kappa shape index (κ1) is 18.4. The monoisotopic (exact) mass is 369 g/mol. The van der Waals surface area contributed by atoms with E-state index in [1.54, 1.807) is 0 Å². The van der Waals surface area contributed by atoms with Crippen LogP contribution >= 0.6 is 0 Å². The number of hydrogen-bond acceptors (Lipinski definition) is 6. The van der Waals surface area contributed by atoms with Gasteiger partial charge in [-0.2, -0.15) is 0 Å². The fourth-order valence-electron chi connectivity index (χ4n) is 2.53. The number of fused-ring (bicyclic) bond motifs is 1. The second-order valence-corrected chi connectivity index (χ2v) is 5.87. The zero-order chi connectivity index (χ0) is 19.2. The molecule has 0 fully saturated rings. The molecule has 0 bridgehead atoms. The van der Waals surface area contributed by atoms with Gasteiger partial charge in [0.2, 0.25) is 0 Å². The van der Waals surface area contributed by atoms with Crippen molar-refractivity contribution in [2.24, 2.45) is 0 Å². The van der Waals surface area contributed by atoms with Crippen LogP contribution in [0.5, 0.6) is 11.5 Å². The lowest BCUT2D eigenvalue weighted by atomic mass is 10.2. The molecule has 140 valence electrons.